The second-order valence-electron chi connectivity index (χ2n) is 4.10. The van der Waals surface area contributed by atoms with Crippen LogP contribution in [0, 0.1) is 3.57 Å². The van der Waals surface area contributed by atoms with E-state index >= 15 is 0 Å². The van der Waals surface area contributed by atoms with Gasteiger partial charge in [0.25, 0.3) is 5.91 Å². The number of benzene rings is 1. The molecule has 0 saturated carbocycles. The highest BCUT2D eigenvalue weighted by molar-refractivity contribution is 14.1. The summed E-state index contributed by atoms with van der Waals surface area (Å²) in [6.07, 6.45) is 3.36. The van der Waals surface area contributed by atoms with Crippen LogP contribution in [0.3, 0.4) is 0 Å². The average molecular weight is 489 g/mol. The molecule has 2 nitrogen and oxygen atoms in total. The zero-order chi connectivity index (χ0) is 13.5. The number of carbonyl (C=O) groups is 1. The molecule has 0 spiro atoms. The van der Waals surface area contributed by atoms with Gasteiger partial charge in [0.05, 0.1) is 5.56 Å². The highest BCUT2D eigenvalue weighted by atomic mass is 127. The van der Waals surface area contributed by atoms with E-state index in [0.29, 0.717) is 0 Å². The van der Waals surface area contributed by atoms with Crippen LogP contribution >= 0.6 is 54.5 Å². The third-order valence-corrected chi connectivity index (χ3v) is 4.56. The fraction of sp³-hybridized carbons (Fsp3) is 0.462. The highest BCUT2D eigenvalue weighted by Gasteiger charge is 2.14. The Morgan fingerprint density at radius 3 is 2.72 bits per heavy atom. The molecule has 1 aromatic carbocycles. The van der Waals surface area contributed by atoms with Crippen molar-refractivity contribution in [3.63, 3.8) is 0 Å². The predicted octanol–water partition coefficient (Wildman–Crippen LogP) is 4.69. The summed E-state index contributed by atoms with van der Waals surface area (Å²) in [5.41, 5.74) is 0.741. The van der Waals surface area contributed by atoms with Gasteiger partial charge in [-0.1, -0.05) is 22.4 Å². The van der Waals surface area contributed by atoms with E-state index in [4.69, 9.17) is 0 Å². The van der Waals surface area contributed by atoms with E-state index in [-0.39, 0.29) is 5.91 Å². The maximum absolute atomic E-state index is 12.3. The number of amides is 1. The second-order valence-corrected chi connectivity index (χ2v) is 6.99. The van der Waals surface area contributed by atoms with E-state index < -0.39 is 0 Å². The van der Waals surface area contributed by atoms with Gasteiger partial charge in [0, 0.05) is 27.0 Å². The molecule has 0 unspecified atom stereocenters. The summed E-state index contributed by atoms with van der Waals surface area (Å²) >= 11 is 9.07. The van der Waals surface area contributed by atoms with Crippen molar-refractivity contribution in [1.82, 2.24) is 4.90 Å². The monoisotopic (exact) mass is 487 g/mol. The smallest absolute Gasteiger partial charge is 0.254 e. The summed E-state index contributed by atoms with van der Waals surface area (Å²) in [4.78, 5) is 14.1. The van der Waals surface area contributed by atoms with E-state index in [2.05, 4.69) is 54.5 Å². The molecule has 0 aliphatic heterocycles. The Kier molecular flexibility index (Phi) is 7.79. The Morgan fingerprint density at radius 2 is 2.06 bits per heavy atom. The lowest BCUT2D eigenvalue weighted by Gasteiger charge is -2.18. The second kappa shape index (κ2) is 8.53. The first kappa shape index (κ1) is 16.4. The summed E-state index contributed by atoms with van der Waals surface area (Å²) in [7, 11) is 1.86. The van der Waals surface area contributed by atoms with Crippen LogP contribution in [0.15, 0.2) is 22.7 Å². The molecular weight excluding hydrogens is 473 g/mol. The number of alkyl halides is 1. The third-order valence-electron chi connectivity index (χ3n) is 2.63. The SMILES string of the molecule is CN(CCCCCBr)C(=O)c1cc(I)ccc1Br. The van der Waals surface area contributed by atoms with Gasteiger partial charge in [0.1, 0.15) is 0 Å². The first-order chi connectivity index (χ1) is 8.56. The van der Waals surface area contributed by atoms with Crippen molar-refractivity contribution in [3.8, 4) is 0 Å². The zero-order valence-electron chi connectivity index (χ0n) is 10.3. The van der Waals surface area contributed by atoms with E-state index in [0.717, 1.165) is 44.7 Å². The number of hydrogen-bond acceptors (Lipinski definition) is 1. The van der Waals surface area contributed by atoms with Crippen molar-refractivity contribution in [1.29, 1.82) is 0 Å². The molecular formula is C13H16Br2INO. The minimum absolute atomic E-state index is 0.0826. The van der Waals surface area contributed by atoms with Gasteiger partial charge in [0.2, 0.25) is 0 Å². The lowest BCUT2D eigenvalue weighted by Crippen LogP contribution is -2.28. The minimum atomic E-state index is 0.0826. The number of hydrogen-bond donors (Lipinski definition) is 0. The topological polar surface area (TPSA) is 20.3 Å². The maximum Gasteiger partial charge on any atom is 0.254 e. The number of unbranched alkanes of at least 4 members (excludes halogenated alkanes) is 2. The van der Waals surface area contributed by atoms with Crippen molar-refractivity contribution in [2.45, 2.75) is 19.3 Å². The fourth-order valence-corrected chi connectivity index (χ4v) is 2.89. The zero-order valence-corrected chi connectivity index (χ0v) is 15.6. The van der Waals surface area contributed by atoms with Gasteiger partial charge in [-0.2, -0.15) is 0 Å². The molecule has 0 bridgehead atoms. The molecule has 5 heteroatoms. The van der Waals surface area contributed by atoms with Crippen LogP contribution in [-0.2, 0) is 0 Å². The summed E-state index contributed by atoms with van der Waals surface area (Å²) in [6, 6.07) is 5.83. The number of halogens is 3. The minimum Gasteiger partial charge on any atom is -0.342 e. The van der Waals surface area contributed by atoms with Crippen LogP contribution < -0.4 is 0 Å². The van der Waals surface area contributed by atoms with E-state index in [1.54, 1.807) is 4.90 Å². The molecule has 0 heterocycles. The largest absolute Gasteiger partial charge is 0.342 e. The summed E-state index contributed by atoms with van der Waals surface area (Å²) in [5.74, 6) is 0.0826. The lowest BCUT2D eigenvalue weighted by atomic mass is 10.2. The van der Waals surface area contributed by atoms with Gasteiger partial charge in [-0.05, 0) is 69.6 Å². The number of rotatable bonds is 6. The number of nitrogens with zero attached hydrogens (tertiary/aromatic N) is 1. The van der Waals surface area contributed by atoms with Gasteiger partial charge in [0.15, 0.2) is 0 Å². The standard InChI is InChI=1S/C13H16Br2INO/c1-17(8-4-2-3-7-14)13(18)11-9-10(16)5-6-12(11)15/h5-6,9H,2-4,7-8H2,1H3. The van der Waals surface area contributed by atoms with E-state index in [9.17, 15) is 4.79 Å². The van der Waals surface area contributed by atoms with Gasteiger partial charge in [-0.25, -0.2) is 0 Å². The van der Waals surface area contributed by atoms with Crippen LogP contribution in [0.5, 0.6) is 0 Å². The van der Waals surface area contributed by atoms with Gasteiger partial charge in [-0.3, -0.25) is 4.79 Å². The molecule has 0 atom stereocenters. The third kappa shape index (κ3) is 5.17. The molecule has 0 saturated heterocycles. The molecule has 18 heavy (non-hydrogen) atoms. The van der Waals surface area contributed by atoms with E-state index in [1.807, 2.05) is 25.2 Å². The molecule has 1 aromatic rings. The Morgan fingerprint density at radius 1 is 1.33 bits per heavy atom. The quantitative estimate of drug-likeness (QED) is 0.323. The molecule has 0 N–H and O–H groups in total. The first-order valence-electron chi connectivity index (χ1n) is 5.82. The van der Waals surface area contributed by atoms with Crippen LogP contribution in [-0.4, -0.2) is 29.7 Å². The molecule has 0 aromatic heterocycles. The predicted molar refractivity (Wildman–Crippen MR) is 91.5 cm³/mol. The van der Waals surface area contributed by atoms with Gasteiger partial charge < -0.3 is 4.90 Å². The maximum atomic E-state index is 12.3. The van der Waals surface area contributed by atoms with Crippen molar-refractivity contribution in [3.05, 3.63) is 31.8 Å². The summed E-state index contributed by atoms with van der Waals surface area (Å²) < 4.78 is 1.94. The van der Waals surface area contributed by atoms with Crippen LogP contribution in [0.4, 0.5) is 0 Å². The summed E-state index contributed by atoms with van der Waals surface area (Å²) in [5, 5.41) is 1.03. The lowest BCUT2D eigenvalue weighted by molar-refractivity contribution is 0.0792. The van der Waals surface area contributed by atoms with Crippen LogP contribution in [0.25, 0.3) is 0 Å². The molecule has 0 radical (unpaired) electrons. The van der Waals surface area contributed by atoms with E-state index in [1.165, 1.54) is 0 Å². The first-order valence-corrected chi connectivity index (χ1v) is 8.82. The average Bonchev–Trinajstić information content (AvgIpc) is 2.36. The van der Waals surface area contributed by atoms with Gasteiger partial charge >= 0.3 is 0 Å². The van der Waals surface area contributed by atoms with Crippen molar-refractivity contribution in [2.24, 2.45) is 0 Å². The fourth-order valence-electron chi connectivity index (χ4n) is 1.59. The van der Waals surface area contributed by atoms with Crippen molar-refractivity contribution >= 4 is 60.4 Å². The Bertz CT molecular complexity index is 412. The Labute approximate surface area is 139 Å². The van der Waals surface area contributed by atoms with Crippen molar-refractivity contribution < 1.29 is 4.79 Å². The van der Waals surface area contributed by atoms with Gasteiger partial charge in [-0.15, -0.1) is 0 Å². The molecule has 1 amide bonds. The van der Waals surface area contributed by atoms with Crippen LogP contribution in [0.1, 0.15) is 29.6 Å². The highest BCUT2D eigenvalue weighted by Crippen LogP contribution is 2.21. The normalized spacial score (nSPS) is 10.4. The molecule has 100 valence electrons. The van der Waals surface area contributed by atoms with Crippen molar-refractivity contribution in [2.75, 3.05) is 18.9 Å². The van der Waals surface area contributed by atoms with Crippen LogP contribution in [0.2, 0.25) is 0 Å². The number of carbonyl (C=O) groups excluding carboxylic acids is 1. The molecule has 0 fully saturated rings. The Balaban J connectivity index is 2.60. The molecule has 0 aliphatic carbocycles. The summed E-state index contributed by atoms with van der Waals surface area (Å²) in [6.45, 7) is 0.809. The molecule has 1 rings (SSSR count). The molecule has 0 aliphatic rings. The Hall–Kier alpha value is 0.380.